The third-order valence-corrected chi connectivity index (χ3v) is 5.42. The first kappa shape index (κ1) is 23.4. The molecule has 32 heavy (non-hydrogen) atoms. The zero-order valence-corrected chi connectivity index (χ0v) is 18.9. The van der Waals surface area contributed by atoms with E-state index < -0.39 is 0 Å². The first-order valence-electron chi connectivity index (χ1n) is 11.2. The molecule has 6 nitrogen and oxygen atoms in total. The normalized spacial score (nSPS) is 18.5. The summed E-state index contributed by atoms with van der Waals surface area (Å²) in [6.45, 7) is 6.31. The topological polar surface area (TPSA) is 74.8 Å². The molecule has 1 aliphatic rings. The number of ether oxygens (including phenoxy) is 1. The fraction of sp³-hybridized carbons (Fsp3) is 0.385. The monoisotopic (exact) mass is 432 g/mol. The van der Waals surface area contributed by atoms with E-state index in [9.17, 15) is 4.79 Å². The number of carbonyl (C=O) groups excluding carboxylic acids is 1. The van der Waals surface area contributed by atoms with Gasteiger partial charge in [-0.05, 0) is 50.5 Å². The number of guanidine groups is 1. The molecule has 0 spiro atoms. The number of aryl methyl sites for hydroxylation is 1. The average Bonchev–Trinajstić information content (AvgIpc) is 2.82. The van der Waals surface area contributed by atoms with Crippen LogP contribution in [0.25, 0.3) is 0 Å². The Labute approximate surface area is 190 Å². The quantitative estimate of drug-likeness (QED) is 0.355. The number of nitrogens with one attached hydrogen (secondary N) is 3. The third kappa shape index (κ3) is 6.86. The third-order valence-electron chi connectivity index (χ3n) is 5.42. The highest BCUT2D eigenvalue weighted by Gasteiger charge is 2.27. The van der Waals surface area contributed by atoms with Gasteiger partial charge in [0.25, 0.3) is 0 Å². The molecule has 3 N–H and O–H groups in total. The van der Waals surface area contributed by atoms with Crippen molar-refractivity contribution in [2.45, 2.75) is 32.8 Å². The Kier molecular flexibility index (Phi) is 8.70. The average molecular weight is 433 g/mol. The first-order valence-corrected chi connectivity index (χ1v) is 11.2. The van der Waals surface area contributed by atoms with Gasteiger partial charge in [0, 0.05) is 36.9 Å². The number of rotatable bonds is 7. The minimum atomic E-state index is -0.199. The maximum atomic E-state index is 12.3. The van der Waals surface area contributed by atoms with Crippen molar-refractivity contribution in [3.8, 4) is 12.3 Å². The number of hydrogen-bond donors (Lipinski definition) is 3. The molecule has 1 fully saturated rings. The Hall–Kier alpha value is -3.30. The standard InChI is InChI=1S/C26H32N4O2/c1-4-20-8-6-10-23(16-20)30-24(31)18-29-26(27-5-2)28-17-22-9-7-15-32-25(22)21-13-11-19(3)12-14-21/h1,6,8,10-14,16,22,25H,5,7,9,15,17-18H2,2-3H3,(H,30,31)(H2,27,28,29). The fourth-order valence-corrected chi connectivity index (χ4v) is 3.78. The van der Waals surface area contributed by atoms with Gasteiger partial charge in [0.2, 0.25) is 5.91 Å². The van der Waals surface area contributed by atoms with Gasteiger partial charge < -0.3 is 20.7 Å². The van der Waals surface area contributed by atoms with Crippen LogP contribution in [0.1, 0.15) is 42.6 Å². The van der Waals surface area contributed by atoms with Crippen molar-refractivity contribution < 1.29 is 9.53 Å². The van der Waals surface area contributed by atoms with Gasteiger partial charge in [-0.3, -0.25) is 4.79 Å². The lowest BCUT2D eigenvalue weighted by atomic mass is 9.89. The summed E-state index contributed by atoms with van der Waals surface area (Å²) in [6.07, 6.45) is 7.60. The van der Waals surface area contributed by atoms with Gasteiger partial charge in [0.05, 0.1) is 6.10 Å². The zero-order valence-electron chi connectivity index (χ0n) is 18.9. The van der Waals surface area contributed by atoms with Gasteiger partial charge in [-0.2, -0.15) is 0 Å². The number of nitrogens with zero attached hydrogens (tertiary/aromatic N) is 1. The van der Waals surface area contributed by atoms with E-state index >= 15 is 0 Å². The van der Waals surface area contributed by atoms with Crippen molar-refractivity contribution in [3.63, 3.8) is 0 Å². The van der Waals surface area contributed by atoms with Gasteiger partial charge in [0.1, 0.15) is 6.54 Å². The molecule has 1 aliphatic heterocycles. The lowest BCUT2D eigenvalue weighted by Crippen LogP contribution is -2.42. The number of anilines is 1. The van der Waals surface area contributed by atoms with Crippen molar-refractivity contribution >= 4 is 17.6 Å². The Morgan fingerprint density at radius 1 is 1.22 bits per heavy atom. The van der Waals surface area contributed by atoms with Crippen LogP contribution in [0, 0.1) is 25.2 Å². The molecule has 0 saturated carbocycles. The molecular weight excluding hydrogens is 400 g/mol. The van der Waals surface area contributed by atoms with E-state index in [1.54, 1.807) is 12.1 Å². The van der Waals surface area contributed by atoms with Crippen LogP contribution in [-0.2, 0) is 9.53 Å². The van der Waals surface area contributed by atoms with E-state index in [0.717, 1.165) is 31.6 Å². The zero-order chi connectivity index (χ0) is 22.8. The van der Waals surface area contributed by atoms with Crippen LogP contribution in [0.3, 0.4) is 0 Å². The van der Waals surface area contributed by atoms with Crippen LogP contribution < -0.4 is 16.0 Å². The summed E-state index contributed by atoms with van der Waals surface area (Å²) >= 11 is 0. The molecule has 6 heteroatoms. The van der Waals surface area contributed by atoms with E-state index in [4.69, 9.17) is 11.2 Å². The van der Waals surface area contributed by atoms with Gasteiger partial charge >= 0.3 is 0 Å². The number of carbonyl (C=O) groups is 1. The molecule has 0 bridgehead atoms. The number of amides is 1. The van der Waals surface area contributed by atoms with Crippen LogP contribution in [0.15, 0.2) is 53.5 Å². The number of hydrogen-bond acceptors (Lipinski definition) is 3. The summed E-state index contributed by atoms with van der Waals surface area (Å²) in [5.41, 5.74) is 3.83. The summed E-state index contributed by atoms with van der Waals surface area (Å²) in [7, 11) is 0. The predicted octanol–water partition coefficient (Wildman–Crippen LogP) is 3.64. The SMILES string of the molecule is C#Cc1cccc(NC(=O)CN=C(NCC)NCC2CCCOC2c2ccc(C)cc2)c1. The molecule has 0 aromatic heterocycles. The van der Waals surface area contributed by atoms with E-state index in [2.05, 4.69) is 58.1 Å². The molecule has 2 unspecified atom stereocenters. The van der Waals surface area contributed by atoms with E-state index in [0.29, 0.717) is 24.1 Å². The molecular formula is C26H32N4O2. The van der Waals surface area contributed by atoms with E-state index in [1.807, 2.05) is 19.1 Å². The Bertz CT molecular complexity index is 963. The molecule has 1 saturated heterocycles. The summed E-state index contributed by atoms with van der Waals surface area (Å²) in [5, 5.41) is 9.44. The molecule has 2 aromatic carbocycles. The Morgan fingerprint density at radius 2 is 2.03 bits per heavy atom. The second kappa shape index (κ2) is 11.9. The largest absolute Gasteiger partial charge is 0.373 e. The first-order chi connectivity index (χ1) is 15.6. The minimum absolute atomic E-state index is 0.0121. The molecule has 0 aliphatic carbocycles. The van der Waals surface area contributed by atoms with Crippen molar-refractivity contribution in [1.29, 1.82) is 0 Å². The molecule has 2 aromatic rings. The van der Waals surface area contributed by atoms with Gasteiger partial charge in [0.15, 0.2) is 5.96 Å². The van der Waals surface area contributed by atoms with Gasteiger partial charge in [-0.25, -0.2) is 4.99 Å². The van der Waals surface area contributed by atoms with Crippen LogP contribution in [0.2, 0.25) is 0 Å². The van der Waals surface area contributed by atoms with Crippen molar-refractivity contribution in [3.05, 3.63) is 65.2 Å². The highest BCUT2D eigenvalue weighted by molar-refractivity contribution is 5.94. The van der Waals surface area contributed by atoms with Crippen LogP contribution in [-0.4, -0.2) is 38.1 Å². The highest BCUT2D eigenvalue weighted by Crippen LogP contribution is 2.33. The van der Waals surface area contributed by atoms with Crippen LogP contribution >= 0.6 is 0 Å². The number of benzene rings is 2. The van der Waals surface area contributed by atoms with Gasteiger partial charge in [-0.1, -0.05) is 41.8 Å². The van der Waals surface area contributed by atoms with Crippen molar-refractivity contribution in [2.75, 3.05) is 31.6 Å². The smallest absolute Gasteiger partial charge is 0.246 e. The van der Waals surface area contributed by atoms with Crippen LogP contribution in [0.5, 0.6) is 0 Å². The summed E-state index contributed by atoms with van der Waals surface area (Å²) in [6, 6.07) is 15.8. The van der Waals surface area contributed by atoms with Crippen LogP contribution in [0.4, 0.5) is 5.69 Å². The van der Waals surface area contributed by atoms with Gasteiger partial charge in [-0.15, -0.1) is 6.42 Å². The fourth-order valence-electron chi connectivity index (χ4n) is 3.78. The lowest BCUT2D eigenvalue weighted by Gasteiger charge is -2.32. The minimum Gasteiger partial charge on any atom is -0.373 e. The predicted molar refractivity (Wildman–Crippen MR) is 130 cm³/mol. The second-order valence-corrected chi connectivity index (χ2v) is 7.95. The maximum Gasteiger partial charge on any atom is 0.246 e. The molecule has 1 amide bonds. The molecule has 2 atom stereocenters. The maximum absolute atomic E-state index is 12.3. The van der Waals surface area contributed by atoms with E-state index in [-0.39, 0.29) is 18.6 Å². The Balaban J connectivity index is 1.58. The Morgan fingerprint density at radius 3 is 2.78 bits per heavy atom. The van der Waals surface area contributed by atoms with E-state index in [1.165, 1.54) is 11.1 Å². The highest BCUT2D eigenvalue weighted by atomic mass is 16.5. The summed E-state index contributed by atoms with van der Waals surface area (Å²) in [4.78, 5) is 16.8. The number of terminal acetylenes is 1. The molecule has 168 valence electrons. The molecule has 1 heterocycles. The lowest BCUT2D eigenvalue weighted by molar-refractivity contribution is -0.114. The summed E-state index contributed by atoms with van der Waals surface area (Å²) in [5.74, 6) is 3.31. The molecule has 3 rings (SSSR count). The van der Waals surface area contributed by atoms with Crippen molar-refractivity contribution in [2.24, 2.45) is 10.9 Å². The number of aliphatic imine (C=N–C) groups is 1. The molecule has 0 radical (unpaired) electrons. The summed E-state index contributed by atoms with van der Waals surface area (Å²) < 4.78 is 6.11. The van der Waals surface area contributed by atoms with Crippen molar-refractivity contribution in [1.82, 2.24) is 10.6 Å². The second-order valence-electron chi connectivity index (χ2n) is 7.95.